The average Bonchev–Trinajstić information content (AvgIpc) is 2.83. The van der Waals surface area contributed by atoms with Crippen molar-refractivity contribution in [2.75, 3.05) is 11.9 Å². The summed E-state index contributed by atoms with van der Waals surface area (Å²) in [7, 11) is 0. The van der Waals surface area contributed by atoms with Crippen molar-refractivity contribution in [3.8, 4) is 0 Å². The molecule has 0 saturated carbocycles. The van der Waals surface area contributed by atoms with Gasteiger partial charge in [-0.25, -0.2) is 9.89 Å². The Kier molecular flexibility index (Phi) is 4.01. The number of hydrogen-bond acceptors (Lipinski definition) is 5. The van der Waals surface area contributed by atoms with Crippen LogP contribution in [0.4, 0.5) is 5.69 Å². The summed E-state index contributed by atoms with van der Waals surface area (Å²) in [5.74, 6) is -0.204. The van der Waals surface area contributed by atoms with Gasteiger partial charge in [-0.3, -0.25) is 0 Å². The highest BCUT2D eigenvalue weighted by atomic mass is 16.4. The molecule has 3 N–H and O–H groups in total. The van der Waals surface area contributed by atoms with Crippen molar-refractivity contribution < 1.29 is 9.52 Å². The lowest BCUT2D eigenvalue weighted by Crippen LogP contribution is -2.12. The van der Waals surface area contributed by atoms with Gasteiger partial charge in [0, 0.05) is 12.2 Å². The van der Waals surface area contributed by atoms with Crippen LogP contribution < -0.4 is 11.1 Å². The highest BCUT2D eigenvalue weighted by Crippen LogP contribution is 2.17. The van der Waals surface area contributed by atoms with Crippen LogP contribution in [0.5, 0.6) is 0 Å². The summed E-state index contributed by atoms with van der Waals surface area (Å²) in [5.41, 5.74) is 2.14. The van der Waals surface area contributed by atoms with Crippen LogP contribution >= 0.6 is 0 Å². The molecule has 0 amide bonds. The number of nitrogens with zero attached hydrogens (tertiary/aromatic N) is 1. The Labute approximate surface area is 110 Å². The monoisotopic (exact) mass is 263 g/mol. The first kappa shape index (κ1) is 13.4. The molecule has 1 heterocycles. The largest absolute Gasteiger partial charge is 0.434 e. The Morgan fingerprint density at radius 2 is 2.05 bits per heavy atom. The third-order valence-electron chi connectivity index (χ3n) is 2.82. The number of rotatable bonds is 5. The Bertz CT molecular complexity index is 571. The molecule has 6 nitrogen and oxygen atoms in total. The molecule has 0 aliphatic carbocycles. The lowest BCUT2D eigenvalue weighted by molar-refractivity contribution is 0.154. The fourth-order valence-electron chi connectivity index (χ4n) is 1.67. The first-order valence-electron chi connectivity index (χ1n) is 6.13. The molecule has 1 aromatic carbocycles. The summed E-state index contributed by atoms with van der Waals surface area (Å²) in [5, 5.41) is 18.5. The molecular formula is C13H17N3O3. The van der Waals surface area contributed by atoms with Gasteiger partial charge in [0.1, 0.15) is 6.10 Å². The van der Waals surface area contributed by atoms with E-state index >= 15 is 0 Å². The summed E-state index contributed by atoms with van der Waals surface area (Å²) in [6.45, 7) is 4.48. The summed E-state index contributed by atoms with van der Waals surface area (Å²) >= 11 is 0. The molecule has 1 unspecified atom stereocenters. The Hall–Kier alpha value is -2.08. The number of aliphatic hydroxyl groups is 1. The maximum atomic E-state index is 10.8. The average molecular weight is 263 g/mol. The Balaban J connectivity index is 1.93. The van der Waals surface area contributed by atoms with E-state index in [4.69, 9.17) is 0 Å². The van der Waals surface area contributed by atoms with Crippen molar-refractivity contribution in [3.63, 3.8) is 0 Å². The number of nitrogens with one attached hydrogen (secondary N) is 2. The van der Waals surface area contributed by atoms with E-state index in [1.54, 1.807) is 0 Å². The highest BCUT2D eigenvalue weighted by Gasteiger charge is 2.13. The van der Waals surface area contributed by atoms with E-state index in [1.165, 1.54) is 5.56 Å². The van der Waals surface area contributed by atoms with Crippen LogP contribution in [0, 0.1) is 0 Å². The third-order valence-corrected chi connectivity index (χ3v) is 2.82. The second-order valence-corrected chi connectivity index (χ2v) is 4.62. The number of aromatic amines is 1. The Morgan fingerprint density at radius 3 is 2.58 bits per heavy atom. The van der Waals surface area contributed by atoms with Crippen LogP contribution in [-0.4, -0.2) is 21.8 Å². The minimum Gasteiger partial charge on any atom is -0.390 e. The van der Waals surface area contributed by atoms with E-state index in [0.717, 1.165) is 5.69 Å². The molecule has 19 heavy (non-hydrogen) atoms. The summed E-state index contributed by atoms with van der Waals surface area (Å²) in [6.07, 6.45) is -0.969. The van der Waals surface area contributed by atoms with Gasteiger partial charge in [0.05, 0.1) is 0 Å². The fraction of sp³-hybridized carbons (Fsp3) is 0.385. The minimum absolute atomic E-state index is 0.0173. The second-order valence-electron chi connectivity index (χ2n) is 4.62. The standard InChI is InChI=1S/C13H17N3O3/c1-8(2)9-3-5-10(6-4-9)14-7-11(17)12-15-16-13(18)19-12/h3-6,8,11,14,17H,7H2,1-2H3,(H,16,18). The Morgan fingerprint density at radius 1 is 1.37 bits per heavy atom. The molecule has 1 atom stereocenters. The SMILES string of the molecule is CC(C)c1ccc(NCC(O)c2n[nH]c(=O)o2)cc1. The quantitative estimate of drug-likeness (QED) is 0.762. The van der Waals surface area contributed by atoms with E-state index in [2.05, 4.69) is 33.8 Å². The summed E-state index contributed by atoms with van der Waals surface area (Å²) < 4.78 is 4.67. The summed E-state index contributed by atoms with van der Waals surface area (Å²) in [4.78, 5) is 10.8. The van der Waals surface area contributed by atoms with Crippen molar-refractivity contribution >= 4 is 5.69 Å². The zero-order valence-corrected chi connectivity index (χ0v) is 10.9. The maximum absolute atomic E-state index is 10.8. The molecule has 0 saturated heterocycles. The number of aromatic nitrogens is 2. The van der Waals surface area contributed by atoms with E-state index in [1.807, 2.05) is 24.3 Å². The number of hydrogen-bond donors (Lipinski definition) is 3. The highest BCUT2D eigenvalue weighted by molar-refractivity contribution is 5.45. The third kappa shape index (κ3) is 3.45. The van der Waals surface area contributed by atoms with Gasteiger partial charge in [-0.05, 0) is 23.6 Å². The molecule has 0 bridgehead atoms. The zero-order chi connectivity index (χ0) is 13.8. The predicted molar refractivity (Wildman–Crippen MR) is 71.1 cm³/mol. The molecule has 102 valence electrons. The van der Waals surface area contributed by atoms with Crippen molar-refractivity contribution in [2.24, 2.45) is 0 Å². The van der Waals surface area contributed by atoms with Gasteiger partial charge in [-0.15, -0.1) is 5.10 Å². The van der Waals surface area contributed by atoms with E-state index in [-0.39, 0.29) is 12.4 Å². The van der Waals surface area contributed by atoms with Gasteiger partial charge in [0.2, 0.25) is 5.89 Å². The van der Waals surface area contributed by atoms with Gasteiger partial charge in [0.15, 0.2) is 0 Å². The summed E-state index contributed by atoms with van der Waals surface area (Å²) in [6, 6.07) is 7.97. The fourth-order valence-corrected chi connectivity index (χ4v) is 1.67. The van der Waals surface area contributed by atoms with Gasteiger partial charge in [-0.2, -0.15) is 0 Å². The molecule has 0 spiro atoms. The van der Waals surface area contributed by atoms with Crippen LogP contribution in [0.2, 0.25) is 0 Å². The second kappa shape index (κ2) is 5.71. The van der Waals surface area contributed by atoms with Crippen LogP contribution in [-0.2, 0) is 0 Å². The van der Waals surface area contributed by atoms with E-state index in [0.29, 0.717) is 5.92 Å². The molecule has 1 aromatic heterocycles. The topological polar surface area (TPSA) is 91.1 Å². The smallest absolute Gasteiger partial charge is 0.390 e. The molecule has 2 rings (SSSR count). The van der Waals surface area contributed by atoms with Gasteiger partial charge in [0.25, 0.3) is 0 Å². The molecule has 0 fully saturated rings. The van der Waals surface area contributed by atoms with Crippen LogP contribution in [0.15, 0.2) is 33.5 Å². The van der Waals surface area contributed by atoms with Crippen LogP contribution in [0.1, 0.15) is 37.3 Å². The van der Waals surface area contributed by atoms with Gasteiger partial charge in [-0.1, -0.05) is 26.0 Å². The molecule has 0 radical (unpaired) electrons. The maximum Gasteiger partial charge on any atom is 0.434 e. The van der Waals surface area contributed by atoms with Crippen molar-refractivity contribution in [1.82, 2.24) is 10.2 Å². The lowest BCUT2D eigenvalue weighted by atomic mass is 10.0. The number of anilines is 1. The first-order chi connectivity index (χ1) is 9.06. The number of benzene rings is 1. The van der Waals surface area contributed by atoms with Crippen LogP contribution in [0.3, 0.4) is 0 Å². The molecule has 0 aliphatic rings. The number of aliphatic hydroxyl groups excluding tert-OH is 1. The van der Waals surface area contributed by atoms with E-state index < -0.39 is 11.9 Å². The predicted octanol–water partition coefficient (Wildman–Crippen LogP) is 1.63. The van der Waals surface area contributed by atoms with Crippen molar-refractivity contribution in [1.29, 1.82) is 0 Å². The van der Waals surface area contributed by atoms with Crippen molar-refractivity contribution in [3.05, 3.63) is 46.3 Å². The minimum atomic E-state index is -0.969. The zero-order valence-electron chi connectivity index (χ0n) is 10.9. The van der Waals surface area contributed by atoms with E-state index in [9.17, 15) is 9.90 Å². The van der Waals surface area contributed by atoms with Crippen molar-refractivity contribution in [2.45, 2.75) is 25.9 Å². The molecule has 2 aromatic rings. The number of H-pyrrole nitrogens is 1. The molecule has 6 heteroatoms. The van der Waals surface area contributed by atoms with Gasteiger partial charge >= 0.3 is 5.76 Å². The lowest BCUT2D eigenvalue weighted by Gasteiger charge is -2.11. The van der Waals surface area contributed by atoms with Gasteiger partial charge < -0.3 is 14.8 Å². The first-order valence-corrected chi connectivity index (χ1v) is 6.13. The van der Waals surface area contributed by atoms with Crippen LogP contribution in [0.25, 0.3) is 0 Å². The molecular weight excluding hydrogens is 246 g/mol. The molecule has 0 aliphatic heterocycles. The normalized spacial score (nSPS) is 12.6.